The maximum absolute atomic E-state index is 10.9. The molecule has 0 aliphatic heterocycles. The van der Waals surface area contributed by atoms with Crippen LogP contribution in [0, 0.1) is 10.1 Å². The molecule has 0 unspecified atom stereocenters. The lowest BCUT2D eigenvalue weighted by molar-refractivity contribution is -0.385. The minimum absolute atomic E-state index is 0.116. The molecule has 6 heteroatoms. The van der Waals surface area contributed by atoms with Crippen LogP contribution < -0.4 is 5.73 Å². The Morgan fingerprint density at radius 2 is 2.21 bits per heavy atom. The molecular formula is C13H15N3O2S. The van der Waals surface area contributed by atoms with E-state index < -0.39 is 0 Å². The molecule has 1 aromatic carbocycles. The number of rotatable bonds is 5. The monoisotopic (exact) mass is 277 g/mol. The molecule has 100 valence electrons. The van der Waals surface area contributed by atoms with E-state index in [0.29, 0.717) is 12.0 Å². The van der Waals surface area contributed by atoms with E-state index in [9.17, 15) is 10.1 Å². The van der Waals surface area contributed by atoms with Gasteiger partial charge in [-0.3, -0.25) is 10.1 Å². The van der Waals surface area contributed by atoms with Crippen LogP contribution >= 0.6 is 11.3 Å². The number of aryl methyl sites for hydroxylation is 1. The Kier molecular flexibility index (Phi) is 4.24. The van der Waals surface area contributed by atoms with Crippen LogP contribution in [0.25, 0.3) is 0 Å². The average molecular weight is 277 g/mol. The lowest BCUT2D eigenvalue weighted by Gasteiger charge is -2.08. The van der Waals surface area contributed by atoms with Crippen LogP contribution in [0.3, 0.4) is 0 Å². The molecule has 2 rings (SSSR count). The second-order valence-corrected chi connectivity index (χ2v) is 5.12. The first-order valence-corrected chi connectivity index (χ1v) is 6.92. The zero-order valence-corrected chi connectivity index (χ0v) is 11.4. The van der Waals surface area contributed by atoms with Crippen LogP contribution in [0.5, 0.6) is 0 Å². The summed E-state index contributed by atoms with van der Waals surface area (Å²) in [7, 11) is 0. The van der Waals surface area contributed by atoms with Gasteiger partial charge in [-0.2, -0.15) is 0 Å². The summed E-state index contributed by atoms with van der Waals surface area (Å²) < 4.78 is 0. The summed E-state index contributed by atoms with van der Waals surface area (Å²) in [5.74, 6) is 0. The molecule has 0 spiro atoms. The summed E-state index contributed by atoms with van der Waals surface area (Å²) in [4.78, 5) is 15.0. The van der Waals surface area contributed by atoms with E-state index in [1.54, 1.807) is 18.2 Å². The molecular weight excluding hydrogens is 262 g/mol. The number of nitrogens with two attached hydrogens (primary N) is 1. The van der Waals surface area contributed by atoms with Crippen LogP contribution in [0.15, 0.2) is 29.6 Å². The lowest BCUT2D eigenvalue weighted by atomic mass is 10.1. The fraction of sp³-hybridized carbons (Fsp3) is 0.308. The van der Waals surface area contributed by atoms with E-state index in [-0.39, 0.29) is 16.7 Å². The Morgan fingerprint density at radius 1 is 1.47 bits per heavy atom. The summed E-state index contributed by atoms with van der Waals surface area (Å²) in [6, 6.07) is 6.39. The number of thiazole rings is 1. The minimum Gasteiger partial charge on any atom is -0.322 e. The van der Waals surface area contributed by atoms with Crippen molar-refractivity contribution in [1.82, 2.24) is 4.98 Å². The van der Waals surface area contributed by atoms with Gasteiger partial charge in [0.15, 0.2) is 0 Å². The second-order valence-electron chi connectivity index (χ2n) is 4.23. The summed E-state index contributed by atoms with van der Waals surface area (Å²) >= 11 is 1.51. The van der Waals surface area contributed by atoms with Crippen molar-refractivity contribution >= 4 is 17.0 Å². The number of para-hydroxylation sites is 1. The largest absolute Gasteiger partial charge is 0.322 e. The molecule has 0 amide bonds. The summed E-state index contributed by atoms with van der Waals surface area (Å²) in [6.07, 6.45) is 1.29. The van der Waals surface area contributed by atoms with Crippen molar-refractivity contribution in [3.63, 3.8) is 0 Å². The molecule has 0 bridgehead atoms. The first kappa shape index (κ1) is 13.6. The number of nitro groups is 1. The van der Waals surface area contributed by atoms with E-state index in [1.807, 2.05) is 12.3 Å². The SMILES string of the molecule is CCc1csc([C@@H](N)Cc2ccccc2[N+](=O)[O-])n1. The Bertz CT molecular complexity index is 583. The smallest absolute Gasteiger partial charge is 0.272 e. The van der Waals surface area contributed by atoms with Crippen molar-refractivity contribution in [1.29, 1.82) is 0 Å². The fourth-order valence-corrected chi connectivity index (χ4v) is 2.75. The third-order valence-corrected chi connectivity index (χ3v) is 3.90. The maximum atomic E-state index is 10.9. The van der Waals surface area contributed by atoms with E-state index in [1.165, 1.54) is 17.4 Å². The van der Waals surface area contributed by atoms with Gasteiger partial charge in [0.25, 0.3) is 5.69 Å². The molecule has 1 aromatic heterocycles. The van der Waals surface area contributed by atoms with Crippen molar-refractivity contribution in [2.24, 2.45) is 5.73 Å². The molecule has 0 saturated heterocycles. The summed E-state index contributed by atoms with van der Waals surface area (Å²) in [6.45, 7) is 2.03. The predicted octanol–water partition coefficient (Wildman–Crippen LogP) is 2.86. The third-order valence-electron chi connectivity index (χ3n) is 2.88. The van der Waals surface area contributed by atoms with Gasteiger partial charge >= 0.3 is 0 Å². The second kappa shape index (κ2) is 5.90. The third kappa shape index (κ3) is 3.15. The minimum atomic E-state index is -0.374. The number of aromatic nitrogens is 1. The van der Waals surface area contributed by atoms with E-state index in [0.717, 1.165) is 17.1 Å². The summed E-state index contributed by atoms with van der Waals surface area (Å²) in [5.41, 5.74) is 7.86. The first-order valence-electron chi connectivity index (χ1n) is 6.04. The Hall–Kier alpha value is -1.79. The normalized spacial score (nSPS) is 12.3. The van der Waals surface area contributed by atoms with Gasteiger partial charge in [0.2, 0.25) is 0 Å². The highest BCUT2D eigenvalue weighted by Gasteiger charge is 2.18. The van der Waals surface area contributed by atoms with Crippen molar-refractivity contribution in [3.05, 3.63) is 56.0 Å². The number of nitro benzene ring substituents is 1. The molecule has 0 radical (unpaired) electrons. The summed E-state index contributed by atoms with van der Waals surface area (Å²) in [5, 5.41) is 13.8. The van der Waals surface area contributed by atoms with Crippen LogP contribution in [0.1, 0.15) is 29.2 Å². The molecule has 0 aliphatic carbocycles. The molecule has 2 N–H and O–H groups in total. The first-order chi connectivity index (χ1) is 9.11. The molecule has 0 fully saturated rings. The standard InChI is InChI=1S/C13H15N3O2S/c1-2-10-8-19-13(15-10)11(14)7-9-5-3-4-6-12(9)16(17)18/h3-6,8,11H,2,7,14H2,1H3/t11-/m0/s1. The van der Waals surface area contributed by atoms with Gasteiger partial charge in [0.05, 0.1) is 16.7 Å². The predicted molar refractivity (Wildman–Crippen MR) is 75.2 cm³/mol. The highest BCUT2D eigenvalue weighted by atomic mass is 32.1. The number of benzene rings is 1. The van der Waals surface area contributed by atoms with Crippen LogP contribution in [0.4, 0.5) is 5.69 Å². The molecule has 2 aromatic rings. The zero-order chi connectivity index (χ0) is 13.8. The highest BCUT2D eigenvalue weighted by molar-refractivity contribution is 7.09. The van der Waals surface area contributed by atoms with Gasteiger partial charge in [-0.05, 0) is 6.42 Å². The molecule has 0 aliphatic rings. The fourth-order valence-electron chi connectivity index (χ4n) is 1.84. The van der Waals surface area contributed by atoms with Crippen molar-refractivity contribution in [2.75, 3.05) is 0 Å². The quantitative estimate of drug-likeness (QED) is 0.673. The van der Waals surface area contributed by atoms with Gasteiger partial charge in [-0.25, -0.2) is 4.98 Å². The van der Waals surface area contributed by atoms with Crippen molar-refractivity contribution < 1.29 is 4.92 Å². The zero-order valence-electron chi connectivity index (χ0n) is 10.6. The Labute approximate surface area is 115 Å². The van der Waals surface area contributed by atoms with E-state index >= 15 is 0 Å². The van der Waals surface area contributed by atoms with Crippen molar-refractivity contribution in [2.45, 2.75) is 25.8 Å². The topological polar surface area (TPSA) is 82.0 Å². The lowest BCUT2D eigenvalue weighted by Crippen LogP contribution is -2.14. The molecule has 0 saturated carbocycles. The van der Waals surface area contributed by atoms with Crippen LogP contribution in [0.2, 0.25) is 0 Å². The van der Waals surface area contributed by atoms with Gasteiger partial charge < -0.3 is 5.73 Å². The van der Waals surface area contributed by atoms with E-state index in [4.69, 9.17) is 5.73 Å². The van der Waals surface area contributed by atoms with Gasteiger partial charge in [0, 0.05) is 23.4 Å². The van der Waals surface area contributed by atoms with Crippen LogP contribution in [-0.4, -0.2) is 9.91 Å². The van der Waals surface area contributed by atoms with Gasteiger partial charge in [-0.1, -0.05) is 25.1 Å². The maximum Gasteiger partial charge on any atom is 0.272 e. The molecule has 5 nitrogen and oxygen atoms in total. The molecule has 1 heterocycles. The van der Waals surface area contributed by atoms with Crippen LogP contribution in [-0.2, 0) is 12.8 Å². The van der Waals surface area contributed by atoms with Crippen molar-refractivity contribution in [3.8, 4) is 0 Å². The van der Waals surface area contributed by atoms with Gasteiger partial charge in [0.1, 0.15) is 5.01 Å². The average Bonchev–Trinajstić information content (AvgIpc) is 2.88. The number of hydrogen-bond donors (Lipinski definition) is 1. The highest BCUT2D eigenvalue weighted by Crippen LogP contribution is 2.25. The van der Waals surface area contributed by atoms with Gasteiger partial charge in [-0.15, -0.1) is 11.3 Å². The number of hydrogen-bond acceptors (Lipinski definition) is 5. The Morgan fingerprint density at radius 3 is 2.84 bits per heavy atom. The Balaban J connectivity index is 2.19. The number of nitrogens with zero attached hydrogens (tertiary/aromatic N) is 2. The van der Waals surface area contributed by atoms with E-state index in [2.05, 4.69) is 4.98 Å². The molecule has 1 atom stereocenters. The molecule has 19 heavy (non-hydrogen) atoms.